The Morgan fingerprint density at radius 2 is 2.27 bits per heavy atom. The molecule has 11 heavy (non-hydrogen) atoms. The molecule has 1 radical (unpaired) electrons. The maximum atomic E-state index is 10.3. The molecule has 0 heterocycles. The summed E-state index contributed by atoms with van der Waals surface area (Å²) in [6.07, 6.45) is 0.987. The van der Waals surface area contributed by atoms with Crippen LogP contribution >= 0.6 is 0 Å². The average molecular weight is 149 g/mol. The average Bonchev–Trinajstić information content (AvgIpc) is 2.05. The van der Waals surface area contributed by atoms with E-state index in [9.17, 15) is 4.79 Å². The van der Waals surface area contributed by atoms with Crippen LogP contribution < -0.4 is 0 Å². The van der Waals surface area contributed by atoms with E-state index in [-0.39, 0.29) is 6.10 Å². The highest BCUT2D eigenvalue weighted by Gasteiger charge is 2.00. The predicted molar refractivity (Wildman–Crippen MR) is 41.8 cm³/mol. The lowest BCUT2D eigenvalue weighted by atomic mass is 10.1. The fraction of sp³-hybridized carbons (Fsp3) is 0.111. The quantitative estimate of drug-likeness (QED) is 0.650. The first-order valence-electron chi connectivity index (χ1n) is 3.32. The lowest BCUT2D eigenvalue weighted by Gasteiger charge is -2.01. The summed E-state index contributed by atoms with van der Waals surface area (Å²) in [5.41, 5.74) is 1.27. The van der Waals surface area contributed by atoms with Crippen molar-refractivity contribution in [1.82, 2.24) is 0 Å². The number of carbonyl (C=O) groups is 1. The van der Waals surface area contributed by atoms with Crippen molar-refractivity contribution in [2.45, 2.75) is 6.92 Å². The van der Waals surface area contributed by atoms with Gasteiger partial charge in [-0.2, -0.15) is 0 Å². The van der Waals surface area contributed by atoms with Gasteiger partial charge in [-0.3, -0.25) is 4.79 Å². The summed E-state index contributed by atoms with van der Waals surface area (Å²) < 4.78 is 0. The molecule has 1 aromatic rings. The van der Waals surface area contributed by atoms with E-state index in [4.69, 9.17) is 5.11 Å². The van der Waals surface area contributed by atoms with E-state index < -0.39 is 0 Å². The highest BCUT2D eigenvalue weighted by molar-refractivity contribution is 5.75. The molecule has 0 spiro atoms. The number of aliphatic hydroxyl groups is 1. The van der Waals surface area contributed by atoms with Crippen LogP contribution in [-0.2, 0) is 0 Å². The summed E-state index contributed by atoms with van der Waals surface area (Å²) in [7, 11) is 0. The van der Waals surface area contributed by atoms with Gasteiger partial charge in [0.1, 0.15) is 12.4 Å². The summed E-state index contributed by atoms with van der Waals surface area (Å²) in [5.74, 6) is 0. The Kier molecular flexibility index (Phi) is 2.39. The molecule has 0 aliphatic carbocycles. The van der Waals surface area contributed by atoms with Crippen LogP contribution in [0.5, 0.6) is 0 Å². The second kappa shape index (κ2) is 3.30. The molecule has 1 rings (SSSR count). The van der Waals surface area contributed by atoms with Gasteiger partial charge in [0.15, 0.2) is 0 Å². The van der Waals surface area contributed by atoms with Crippen molar-refractivity contribution in [2.24, 2.45) is 0 Å². The Balaban J connectivity index is 3.00. The monoisotopic (exact) mass is 149 g/mol. The highest BCUT2D eigenvalue weighted by atomic mass is 16.3. The third-order valence-corrected chi connectivity index (χ3v) is 1.44. The number of hydrogen-bond donors (Lipinski definition) is 1. The fourth-order valence-corrected chi connectivity index (χ4v) is 0.837. The standard InChI is InChI=1S/C9H9O2/c1-7(11)9-4-2-3-8(5-9)6-10/h2-6,11H,1H3. The molecule has 0 atom stereocenters. The largest absolute Gasteiger partial charge is 0.382 e. The Labute approximate surface area is 65.5 Å². The van der Waals surface area contributed by atoms with E-state index in [1.54, 1.807) is 31.2 Å². The number of aliphatic hydroxyl groups excluding tert-OH is 1. The molecule has 57 valence electrons. The summed E-state index contributed by atoms with van der Waals surface area (Å²) in [6.45, 7) is 1.59. The normalized spacial score (nSPS) is 10.1. The van der Waals surface area contributed by atoms with Gasteiger partial charge in [0.25, 0.3) is 0 Å². The van der Waals surface area contributed by atoms with Crippen LogP contribution in [0.3, 0.4) is 0 Å². The second-order valence-corrected chi connectivity index (χ2v) is 2.33. The van der Waals surface area contributed by atoms with Crippen molar-refractivity contribution < 1.29 is 9.90 Å². The Hall–Kier alpha value is -1.15. The van der Waals surface area contributed by atoms with Gasteiger partial charge in [0.2, 0.25) is 0 Å². The number of carbonyl (C=O) groups excluding carboxylic acids is 1. The van der Waals surface area contributed by atoms with E-state index in [2.05, 4.69) is 0 Å². The zero-order valence-electron chi connectivity index (χ0n) is 6.24. The maximum absolute atomic E-state index is 10.3. The van der Waals surface area contributed by atoms with Crippen LogP contribution in [0.1, 0.15) is 22.8 Å². The predicted octanol–water partition coefficient (Wildman–Crippen LogP) is 1.77. The van der Waals surface area contributed by atoms with Gasteiger partial charge in [0.05, 0.1) is 0 Å². The van der Waals surface area contributed by atoms with Crippen LogP contribution in [0.4, 0.5) is 0 Å². The highest BCUT2D eigenvalue weighted by Crippen LogP contribution is 2.11. The smallest absolute Gasteiger partial charge is 0.150 e. The zero-order chi connectivity index (χ0) is 8.27. The Morgan fingerprint density at radius 1 is 1.55 bits per heavy atom. The molecule has 2 nitrogen and oxygen atoms in total. The molecule has 0 aliphatic rings. The first-order chi connectivity index (χ1) is 5.24. The Morgan fingerprint density at radius 3 is 2.82 bits per heavy atom. The minimum absolute atomic E-state index is 0.230. The fourth-order valence-electron chi connectivity index (χ4n) is 0.837. The number of aldehydes is 1. The van der Waals surface area contributed by atoms with Crippen molar-refractivity contribution in [1.29, 1.82) is 0 Å². The molecule has 0 bridgehead atoms. The molecule has 0 amide bonds. The van der Waals surface area contributed by atoms with Gasteiger partial charge in [-0.1, -0.05) is 18.2 Å². The van der Waals surface area contributed by atoms with Crippen molar-refractivity contribution >= 4 is 6.29 Å². The number of hydrogen-bond acceptors (Lipinski definition) is 2. The number of benzene rings is 1. The van der Waals surface area contributed by atoms with Crippen LogP contribution in [0, 0.1) is 6.10 Å². The van der Waals surface area contributed by atoms with E-state index >= 15 is 0 Å². The van der Waals surface area contributed by atoms with Crippen molar-refractivity contribution in [3.8, 4) is 0 Å². The molecule has 0 aliphatic heterocycles. The lowest BCUT2D eigenvalue weighted by molar-refractivity contribution is 0.112. The Bertz CT molecular complexity index is 253. The van der Waals surface area contributed by atoms with Crippen molar-refractivity contribution in [3.63, 3.8) is 0 Å². The molecule has 2 heteroatoms. The van der Waals surface area contributed by atoms with Gasteiger partial charge < -0.3 is 5.11 Å². The third-order valence-electron chi connectivity index (χ3n) is 1.44. The molecule has 0 unspecified atom stereocenters. The van der Waals surface area contributed by atoms with Gasteiger partial charge in [0, 0.05) is 5.56 Å². The summed E-state index contributed by atoms with van der Waals surface area (Å²) in [4.78, 5) is 10.3. The van der Waals surface area contributed by atoms with Crippen LogP contribution in [0.15, 0.2) is 24.3 Å². The third kappa shape index (κ3) is 1.88. The number of rotatable bonds is 2. The van der Waals surface area contributed by atoms with Crippen molar-refractivity contribution in [2.75, 3.05) is 0 Å². The topological polar surface area (TPSA) is 37.3 Å². The second-order valence-electron chi connectivity index (χ2n) is 2.33. The van der Waals surface area contributed by atoms with Gasteiger partial charge >= 0.3 is 0 Å². The van der Waals surface area contributed by atoms with E-state index in [0.29, 0.717) is 11.1 Å². The minimum atomic E-state index is 0.230. The summed E-state index contributed by atoms with van der Waals surface area (Å²) >= 11 is 0. The minimum Gasteiger partial charge on any atom is -0.382 e. The summed E-state index contributed by atoms with van der Waals surface area (Å²) in [6, 6.07) is 6.82. The van der Waals surface area contributed by atoms with Gasteiger partial charge in [-0.05, 0) is 18.6 Å². The molecule has 0 saturated carbocycles. The maximum Gasteiger partial charge on any atom is 0.150 e. The van der Waals surface area contributed by atoms with E-state index in [1.165, 1.54) is 0 Å². The molecular formula is C9H9O2. The molecule has 0 fully saturated rings. The van der Waals surface area contributed by atoms with Crippen LogP contribution in [0.2, 0.25) is 0 Å². The molecule has 1 aromatic carbocycles. The zero-order valence-corrected chi connectivity index (χ0v) is 6.24. The van der Waals surface area contributed by atoms with Crippen LogP contribution in [0.25, 0.3) is 0 Å². The van der Waals surface area contributed by atoms with E-state index in [1.807, 2.05) is 0 Å². The first kappa shape index (κ1) is 7.95. The van der Waals surface area contributed by atoms with E-state index in [0.717, 1.165) is 6.29 Å². The van der Waals surface area contributed by atoms with Crippen molar-refractivity contribution in [3.05, 3.63) is 41.5 Å². The van der Waals surface area contributed by atoms with Gasteiger partial charge in [-0.25, -0.2) is 0 Å². The summed E-state index contributed by atoms with van der Waals surface area (Å²) in [5, 5.41) is 9.04. The SMILES string of the molecule is C[C](O)c1cccc(C=O)c1. The molecule has 0 aromatic heterocycles. The molecular weight excluding hydrogens is 140 g/mol. The first-order valence-corrected chi connectivity index (χ1v) is 3.32. The van der Waals surface area contributed by atoms with Crippen LogP contribution in [-0.4, -0.2) is 11.4 Å². The van der Waals surface area contributed by atoms with Gasteiger partial charge in [-0.15, -0.1) is 0 Å². The lowest BCUT2D eigenvalue weighted by Crippen LogP contribution is -1.92. The molecule has 1 N–H and O–H groups in total. The molecule has 0 saturated heterocycles.